The van der Waals surface area contributed by atoms with Crippen molar-refractivity contribution in [2.24, 2.45) is 11.3 Å². The molecule has 0 aromatic carbocycles. The lowest BCUT2D eigenvalue weighted by molar-refractivity contribution is -0.131. The number of rotatable bonds is 6. The van der Waals surface area contributed by atoms with Gasteiger partial charge in [0.15, 0.2) is 0 Å². The maximum Gasteiger partial charge on any atom is 0.249 e. The Labute approximate surface area is 151 Å². The minimum atomic E-state index is -0.457. The van der Waals surface area contributed by atoms with E-state index in [9.17, 15) is 4.79 Å². The van der Waals surface area contributed by atoms with Crippen LogP contribution in [0.5, 0.6) is 0 Å². The predicted molar refractivity (Wildman–Crippen MR) is 92.8 cm³/mol. The number of aromatic nitrogens is 3. The lowest BCUT2D eigenvalue weighted by atomic mass is 9.80. The molecule has 4 rings (SSSR count). The van der Waals surface area contributed by atoms with E-state index >= 15 is 0 Å². The van der Waals surface area contributed by atoms with Crippen LogP contribution >= 0.6 is 0 Å². The van der Waals surface area contributed by atoms with Crippen LogP contribution in [-0.4, -0.2) is 58.8 Å². The summed E-state index contributed by atoms with van der Waals surface area (Å²) in [7, 11) is 0. The summed E-state index contributed by atoms with van der Waals surface area (Å²) in [6.07, 6.45) is 4.33. The van der Waals surface area contributed by atoms with Crippen LogP contribution in [0.3, 0.4) is 0 Å². The highest BCUT2D eigenvalue weighted by Crippen LogP contribution is 2.42. The van der Waals surface area contributed by atoms with Crippen molar-refractivity contribution in [1.29, 1.82) is 0 Å². The van der Waals surface area contributed by atoms with Crippen LogP contribution in [0, 0.1) is 11.3 Å². The number of amides is 1. The number of carbonyl (C=O) groups excluding carboxylic acids is 1. The molecule has 0 spiro atoms. The highest BCUT2D eigenvalue weighted by Gasteiger charge is 2.55. The Bertz CT molecular complexity index is 765. The molecule has 0 radical (unpaired) electrons. The number of pyridine rings is 1. The van der Waals surface area contributed by atoms with Crippen LogP contribution in [0.25, 0.3) is 11.5 Å². The first-order chi connectivity index (χ1) is 12.7. The highest BCUT2D eigenvalue weighted by molar-refractivity contribution is 5.84. The third-order valence-electron chi connectivity index (χ3n) is 5.17. The minimum absolute atomic E-state index is 0.103. The van der Waals surface area contributed by atoms with Crippen LogP contribution in [0.4, 0.5) is 0 Å². The second kappa shape index (κ2) is 7.13. The summed E-state index contributed by atoms with van der Waals surface area (Å²) >= 11 is 0. The number of nitrogens with one attached hydrogen (secondary N) is 1. The quantitative estimate of drug-likeness (QED) is 0.827. The molecule has 1 N–H and O–H groups in total. The van der Waals surface area contributed by atoms with Gasteiger partial charge in [-0.2, -0.15) is 0 Å². The van der Waals surface area contributed by atoms with Gasteiger partial charge in [0, 0.05) is 37.9 Å². The molecule has 2 aromatic heterocycles. The molecule has 0 unspecified atom stereocenters. The number of ether oxygens (including phenoxy) is 1. The number of carbonyl (C=O) groups is 1. The first-order valence-electron chi connectivity index (χ1n) is 9.02. The van der Waals surface area contributed by atoms with Gasteiger partial charge in [0.05, 0.1) is 30.7 Å². The van der Waals surface area contributed by atoms with Gasteiger partial charge in [-0.3, -0.25) is 14.7 Å². The highest BCUT2D eigenvalue weighted by atomic mass is 16.5. The molecule has 4 heterocycles. The third-order valence-corrected chi connectivity index (χ3v) is 5.17. The zero-order chi connectivity index (χ0) is 18.0. The van der Waals surface area contributed by atoms with Crippen molar-refractivity contribution in [3.8, 4) is 11.5 Å². The summed E-state index contributed by atoms with van der Waals surface area (Å²) in [6.45, 7) is 5.84. The van der Waals surface area contributed by atoms with E-state index in [0.717, 1.165) is 18.5 Å². The fourth-order valence-electron chi connectivity index (χ4n) is 3.81. The van der Waals surface area contributed by atoms with Gasteiger partial charge in [-0.1, -0.05) is 6.92 Å². The molecule has 2 aliphatic rings. The van der Waals surface area contributed by atoms with Gasteiger partial charge in [0.2, 0.25) is 17.7 Å². The van der Waals surface area contributed by atoms with Crippen LogP contribution in [0.1, 0.15) is 19.2 Å². The number of nitrogens with zero attached hydrogens (tertiary/aromatic N) is 4. The number of likely N-dealkylation sites (tertiary alicyclic amines) is 1. The van der Waals surface area contributed by atoms with E-state index in [0.29, 0.717) is 44.6 Å². The topological polar surface area (TPSA) is 93.4 Å². The Hall–Kier alpha value is -2.32. The van der Waals surface area contributed by atoms with E-state index in [1.807, 2.05) is 12.1 Å². The minimum Gasteiger partial charge on any atom is -0.419 e. The van der Waals surface area contributed by atoms with E-state index in [1.165, 1.54) is 0 Å². The Morgan fingerprint density at radius 3 is 3.19 bits per heavy atom. The molecule has 2 aromatic rings. The summed E-state index contributed by atoms with van der Waals surface area (Å²) in [5.41, 5.74) is 0.342. The van der Waals surface area contributed by atoms with E-state index in [2.05, 4.69) is 32.3 Å². The van der Waals surface area contributed by atoms with Crippen molar-refractivity contribution in [3.05, 3.63) is 30.4 Å². The molecule has 0 aliphatic carbocycles. The van der Waals surface area contributed by atoms with E-state index in [4.69, 9.17) is 9.15 Å². The molecule has 2 atom stereocenters. The average molecular weight is 357 g/mol. The van der Waals surface area contributed by atoms with Crippen molar-refractivity contribution in [2.45, 2.75) is 19.9 Å². The van der Waals surface area contributed by atoms with Crippen molar-refractivity contribution >= 4 is 5.91 Å². The largest absolute Gasteiger partial charge is 0.419 e. The molecule has 8 heteroatoms. The summed E-state index contributed by atoms with van der Waals surface area (Å²) in [6, 6.07) is 3.72. The molecule has 26 heavy (non-hydrogen) atoms. The Balaban J connectivity index is 1.44. The number of fused-ring (bicyclic) bond motifs is 1. The first-order valence-corrected chi connectivity index (χ1v) is 9.02. The van der Waals surface area contributed by atoms with Crippen molar-refractivity contribution in [2.75, 3.05) is 32.8 Å². The van der Waals surface area contributed by atoms with Gasteiger partial charge in [-0.15, -0.1) is 10.2 Å². The molecule has 0 saturated carbocycles. The second-order valence-electron chi connectivity index (χ2n) is 7.04. The number of hydrogen-bond donors (Lipinski definition) is 1. The van der Waals surface area contributed by atoms with Crippen molar-refractivity contribution in [3.63, 3.8) is 0 Å². The summed E-state index contributed by atoms with van der Waals surface area (Å²) in [5.74, 6) is 1.33. The molecule has 0 bridgehead atoms. The second-order valence-corrected chi connectivity index (χ2v) is 7.04. The lowest BCUT2D eigenvalue weighted by Crippen LogP contribution is -2.46. The molecule has 8 nitrogen and oxygen atoms in total. The SMILES string of the molecule is CCCNC(=O)[C@]12COC[C@H]1CN(Cc1nnc(-c3cccnc3)o1)C2. The van der Waals surface area contributed by atoms with E-state index in [-0.39, 0.29) is 11.8 Å². The number of hydrogen-bond acceptors (Lipinski definition) is 7. The van der Waals surface area contributed by atoms with E-state index in [1.54, 1.807) is 12.4 Å². The summed E-state index contributed by atoms with van der Waals surface area (Å²) < 4.78 is 11.4. The monoisotopic (exact) mass is 357 g/mol. The zero-order valence-electron chi connectivity index (χ0n) is 14.9. The van der Waals surface area contributed by atoms with Crippen LogP contribution in [0.15, 0.2) is 28.9 Å². The third kappa shape index (κ3) is 3.10. The molecule has 2 aliphatic heterocycles. The van der Waals surface area contributed by atoms with Gasteiger partial charge < -0.3 is 14.5 Å². The fraction of sp³-hybridized carbons (Fsp3) is 0.556. The van der Waals surface area contributed by atoms with Crippen LogP contribution < -0.4 is 5.32 Å². The van der Waals surface area contributed by atoms with Crippen LogP contribution in [0.2, 0.25) is 0 Å². The zero-order valence-corrected chi connectivity index (χ0v) is 14.9. The van der Waals surface area contributed by atoms with Gasteiger partial charge in [-0.25, -0.2) is 0 Å². The smallest absolute Gasteiger partial charge is 0.249 e. The maximum atomic E-state index is 12.7. The lowest BCUT2D eigenvalue weighted by Gasteiger charge is -2.25. The molecular weight excluding hydrogens is 334 g/mol. The standard InChI is InChI=1S/C18H23N5O3/c1-2-5-20-17(24)18-11-23(8-14(18)10-25-12-18)9-15-21-22-16(26-15)13-4-3-6-19-7-13/h3-4,6-7,14H,2,5,8-12H2,1H3,(H,20,24)/t14-,18-/m1/s1. The van der Waals surface area contributed by atoms with Gasteiger partial charge in [0.1, 0.15) is 0 Å². The maximum absolute atomic E-state index is 12.7. The molecular formula is C18H23N5O3. The molecule has 2 fully saturated rings. The predicted octanol–water partition coefficient (Wildman–Crippen LogP) is 1.11. The van der Waals surface area contributed by atoms with Gasteiger partial charge in [-0.05, 0) is 18.6 Å². The Morgan fingerprint density at radius 1 is 1.46 bits per heavy atom. The van der Waals surface area contributed by atoms with Crippen molar-refractivity contribution < 1.29 is 13.9 Å². The summed E-state index contributed by atoms with van der Waals surface area (Å²) in [5, 5.41) is 11.3. The average Bonchev–Trinajstić information content (AvgIpc) is 3.35. The molecule has 2 saturated heterocycles. The molecule has 138 valence electrons. The van der Waals surface area contributed by atoms with E-state index < -0.39 is 5.41 Å². The van der Waals surface area contributed by atoms with Gasteiger partial charge in [0.25, 0.3) is 0 Å². The summed E-state index contributed by atoms with van der Waals surface area (Å²) in [4.78, 5) is 19.0. The Morgan fingerprint density at radius 2 is 2.38 bits per heavy atom. The van der Waals surface area contributed by atoms with Crippen molar-refractivity contribution in [1.82, 2.24) is 25.4 Å². The molecule has 1 amide bonds. The van der Waals surface area contributed by atoms with Gasteiger partial charge >= 0.3 is 0 Å². The first kappa shape index (κ1) is 17.1. The normalized spacial score (nSPS) is 25.3. The van der Waals surface area contributed by atoms with Crippen LogP contribution in [-0.2, 0) is 16.1 Å². The fourth-order valence-corrected chi connectivity index (χ4v) is 3.81. The Kier molecular flexibility index (Phi) is 4.69.